The molecule has 13 heteroatoms. The monoisotopic (exact) mass is 401 g/mol. The quantitative estimate of drug-likeness (QED) is 0.208. The number of hydrogen-bond acceptors (Lipinski definition) is 6. The van der Waals surface area contributed by atoms with Gasteiger partial charge in [-0.2, -0.15) is 0 Å². The molecule has 0 aromatic heterocycles. The van der Waals surface area contributed by atoms with E-state index in [9.17, 15) is 19.2 Å². The third-order valence-corrected chi connectivity index (χ3v) is 8.19. The van der Waals surface area contributed by atoms with Crippen molar-refractivity contribution < 1.29 is 51.2 Å². The zero-order valence-electron chi connectivity index (χ0n) is 11.1. The Balaban J connectivity index is -0.00000200. The Morgan fingerprint density at radius 3 is 1.17 bits per heavy atom. The van der Waals surface area contributed by atoms with Gasteiger partial charge in [-0.25, -0.2) is 0 Å². The molecule has 23 heavy (non-hydrogen) atoms. The van der Waals surface area contributed by atoms with Gasteiger partial charge in [0.1, 0.15) is 0 Å². The SMILES string of the molecule is NCC[NH][Ni]([CH2]C(=O)O)([CH2]C(=O)O)([CH2]C(=O)O)[CH2]C(=O)O.[NaH].[NaH]. The second kappa shape index (κ2) is 11.8. The predicted octanol–water partition coefficient (Wildman–Crippen LogP) is -2.15. The molecule has 0 heterocycles. The topological polar surface area (TPSA) is 187 Å². The first-order chi connectivity index (χ1) is 9.54. The Bertz CT molecular complexity index is 387. The van der Waals surface area contributed by atoms with Gasteiger partial charge < -0.3 is 0 Å². The number of nitrogens with one attached hydrogen (secondary N) is 1. The maximum absolute atomic E-state index is 11.1. The molecule has 0 amide bonds. The van der Waals surface area contributed by atoms with E-state index in [2.05, 4.69) is 4.40 Å². The summed E-state index contributed by atoms with van der Waals surface area (Å²) in [6.07, 6.45) is 0. The molecule has 0 rings (SSSR count). The van der Waals surface area contributed by atoms with Crippen LogP contribution in [0.15, 0.2) is 0 Å². The summed E-state index contributed by atoms with van der Waals surface area (Å²) in [4.78, 5) is 44.4. The molecule has 0 saturated carbocycles. The van der Waals surface area contributed by atoms with Crippen LogP contribution in [0.2, 0.25) is 21.6 Å². The van der Waals surface area contributed by atoms with Crippen molar-refractivity contribution in [3.8, 4) is 0 Å². The fourth-order valence-corrected chi connectivity index (χ4v) is 6.87. The van der Waals surface area contributed by atoms with Crippen LogP contribution < -0.4 is 10.1 Å². The minimum absolute atomic E-state index is 0. The summed E-state index contributed by atoms with van der Waals surface area (Å²) >= 11 is -4.15. The minimum atomic E-state index is -4.15. The fraction of sp³-hybridized carbons (Fsp3) is 0.600. The van der Waals surface area contributed by atoms with Crippen molar-refractivity contribution in [1.29, 1.82) is 0 Å². The van der Waals surface area contributed by atoms with E-state index in [1.807, 2.05) is 0 Å². The molecule has 0 unspecified atom stereocenters. The molecule has 0 fully saturated rings. The van der Waals surface area contributed by atoms with Crippen molar-refractivity contribution in [3.63, 3.8) is 0 Å². The number of aliphatic carboxylic acids is 4. The molecule has 0 aliphatic rings. The Morgan fingerprint density at radius 1 is 0.739 bits per heavy atom. The van der Waals surface area contributed by atoms with E-state index in [-0.39, 0.29) is 72.2 Å². The second-order valence-corrected chi connectivity index (χ2v) is 10.2. The number of carbonyl (C=O) groups is 4. The van der Waals surface area contributed by atoms with E-state index in [1.54, 1.807) is 0 Å². The van der Waals surface area contributed by atoms with E-state index < -0.39 is 57.0 Å². The van der Waals surface area contributed by atoms with Gasteiger partial charge in [-0.05, 0) is 0 Å². The summed E-state index contributed by atoms with van der Waals surface area (Å²) in [5, 5.41) is 32.7. The number of carboxylic acids is 4. The molecule has 10 nitrogen and oxygen atoms in total. The van der Waals surface area contributed by atoms with Gasteiger partial charge in [0.2, 0.25) is 0 Å². The summed E-state index contributed by atoms with van der Waals surface area (Å²) in [7, 11) is 0. The molecule has 0 saturated heterocycles. The van der Waals surface area contributed by atoms with E-state index in [0.717, 1.165) is 0 Å². The first-order valence-corrected chi connectivity index (χ1v) is 8.73. The molecule has 0 radical (unpaired) electrons. The Kier molecular flexibility index (Phi) is 14.4. The van der Waals surface area contributed by atoms with Gasteiger partial charge in [0, 0.05) is 0 Å². The van der Waals surface area contributed by atoms with Gasteiger partial charge in [-0.3, -0.25) is 0 Å². The summed E-state index contributed by atoms with van der Waals surface area (Å²) in [5.41, 5.74) is 5.28. The van der Waals surface area contributed by atoms with Crippen molar-refractivity contribution in [2.45, 2.75) is 21.6 Å². The first-order valence-electron chi connectivity index (χ1n) is 5.44. The molecule has 7 N–H and O–H groups in total. The van der Waals surface area contributed by atoms with E-state index >= 15 is 0 Å². The number of nitrogens with two attached hydrogens (primary N) is 1. The zero-order valence-corrected chi connectivity index (χ0v) is 12.0. The standard InChI is InChI=1S/C2H7N2.4C2H3O2.2Na.Ni.2H/c3-1-2-4;4*1-2(3)4;;;;;/h3H,1-2,4H2;4*1H2,(H,3,4);;;;;/q-1;;;;;;;+1;;. The molecular formula is C10H21N2Na2NiO8. The van der Waals surface area contributed by atoms with Crippen LogP contribution in [0.3, 0.4) is 0 Å². The van der Waals surface area contributed by atoms with Crippen LogP contribution in [-0.4, -0.2) is 117 Å². The van der Waals surface area contributed by atoms with Crippen LogP contribution in [0, 0.1) is 0 Å². The normalized spacial score (nSPS) is 12.0. The summed E-state index contributed by atoms with van der Waals surface area (Å²) < 4.78 is 2.59. The second-order valence-electron chi connectivity index (χ2n) is 4.07. The van der Waals surface area contributed by atoms with E-state index in [4.69, 9.17) is 26.2 Å². The molecule has 0 atom stereocenters. The maximum atomic E-state index is 11.1. The molecular weight excluding hydrogens is 381 g/mol. The van der Waals surface area contributed by atoms with Crippen LogP contribution >= 0.6 is 0 Å². The van der Waals surface area contributed by atoms with E-state index in [1.165, 1.54) is 0 Å². The molecule has 0 aliphatic heterocycles. The van der Waals surface area contributed by atoms with Crippen LogP contribution in [-0.2, 0) is 30.8 Å². The van der Waals surface area contributed by atoms with Crippen LogP contribution in [0.1, 0.15) is 0 Å². The predicted molar refractivity (Wildman–Crippen MR) is 81.1 cm³/mol. The summed E-state index contributed by atoms with van der Waals surface area (Å²) in [6.45, 7) is -0.0976. The van der Waals surface area contributed by atoms with E-state index in [0.29, 0.717) is 0 Å². The number of carboxylic acid groups (broad SMARTS) is 4. The Labute approximate surface area is 177 Å². The molecule has 0 aliphatic carbocycles. The van der Waals surface area contributed by atoms with Crippen molar-refractivity contribution in [1.82, 2.24) is 4.40 Å². The molecule has 131 valence electrons. The summed E-state index contributed by atoms with van der Waals surface area (Å²) in [5.74, 6) is -5.85. The van der Waals surface area contributed by atoms with Gasteiger partial charge in [0.15, 0.2) is 0 Å². The van der Waals surface area contributed by atoms with Gasteiger partial charge in [0.25, 0.3) is 0 Å². The van der Waals surface area contributed by atoms with Crippen molar-refractivity contribution in [3.05, 3.63) is 0 Å². The van der Waals surface area contributed by atoms with Crippen LogP contribution in [0.5, 0.6) is 0 Å². The average Bonchev–Trinajstić information content (AvgIpc) is 2.21. The molecule has 0 aromatic rings. The third-order valence-electron chi connectivity index (χ3n) is 2.09. The number of rotatable bonds is 11. The Hall–Kier alpha value is 0.294. The van der Waals surface area contributed by atoms with Gasteiger partial charge >= 0.3 is 179 Å². The average molecular weight is 402 g/mol. The molecule has 0 aromatic carbocycles. The Morgan fingerprint density at radius 2 is 1.00 bits per heavy atom. The zero-order chi connectivity index (χ0) is 16.7. The molecule has 0 bridgehead atoms. The van der Waals surface area contributed by atoms with Crippen molar-refractivity contribution in [2.75, 3.05) is 13.1 Å². The van der Waals surface area contributed by atoms with Gasteiger partial charge in [0.05, 0.1) is 0 Å². The molecule has 0 spiro atoms. The van der Waals surface area contributed by atoms with Crippen LogP contribution in [0.4, 0.5) is 0 Å². The number of hydrogen-bond donors (Lipinski definition) is 6. The van der Waals surface area contributed by atoms with Crippen LogP contribution in [0.25, 0.3) is 0 Å². The van der Waals surface area contributed by atoms with Gasteiger partial charge in [-0.15, -0.1) is 0 Å². The van der Waals surface area contributed by atoms with Gasteiger partial charge in [-0.1, -0.05) is 0 Å². The first kappa shape index (κ1) is 28.1. The summed E-state index contributed by atoms with van der Waals surface area (Å²) in [6, 6.07) is 0. The fourth-order valence-electron chi connectivity index (χ4n) is 1.67. The van der Waals surface area contributed by atoms with Crippen molar-refractivity contribution >= 4 is 83.0 Å². The van der Waals surface area contributed by atoms with Crippen molar-refractivity contribution in [2.24, 2.45) is 5.73 Å². The third kappa shape index (κ3) is 10.0.